The number of anilines is 1. The quantitative estimate of drug-likeness (QED) is 0.256. The summed E-state index contributed by atoms with van der Waals surface area (Å²) in [6, 6.07) is 12.7. The second-order valence-corrected chi connectivity index (χ2v) is 9.96. The fraction of sp³-hybridized carbons (Fsp3) is 0.393. The van der Waals surface area contributed by atoms with Gasteiger partial charge >= 0.3 is 0 Å². The minimum atomic E-state index is 0.138. The molecule has 1 heterocycles. The number of ether oxygens (including phenoxy) is 2. The molecule has 2 aromatic carbocycles. The molecule has 4 nitrogen and oxygen atoms in total. The van der Waals surface area contributed by atoms with Gasteiger partial charge in [0.05, 0.1) is 37.0 Å². The van der Waals surface area contributed by atoms with E-state index >= 15 is 0 Å². The molecule has 1 unspecified atom stereocenters. The lowest BCUT2D eigenvalue weighted by Gasteiger charge is -2.30. The first-order chi connectivity index (χ1) is 16.4. The average Bonchev–Trinajstić information content (AvgIpc) is 3.21. The summed E-state index contributed by atoms with van der Waals surface area (Å²) in [7, 11) is 3.37. The second-order valence-electron chi connectivity index (χ2n) is 8.37. The van der Waals surface area contributed by atoms with E-state index in [2.05, 4.69) is 48.9 Å². The topological polar surface area (TPSA) is 34.6 Å². The van der Waals surface area contributed by atoms with Crippen molar-refractivity contribution >= 4 is 28.1 Å². The van der Waals surface area contributed by atoms with Crippen LogP contribution in [0.1, 0.15) is 53.8 Å². The van der Waals surface area contributed by atoms with E-state index in [1.54, 1.807) is 25.6 Å². The van der Waals surface area contributed by atoms with Gasteiger partial charge in [0.2, 0.25) is 0 Å². The Balaban J connectivity index is 2.03. The van der Waals surface area contributed by atoms with Crippen LogP contribution in [0, 0.1) is 26.2 Å². The number of aryl methyl sites for hydroxylation is 2. The Labute approximate surface area is 212 Å². The number of unbranched alkanes of at least 4 members (excludes halogenated alkanes) is 1. The zero-order chi connectivity index (χ0) is 24.7. The number of hydrogen-bond acceptors (Lipinski definition) is 5. The molecule has 0 fully saturated rings. The van der Waals surface area contributed by atoms with E-state index in [4.69, 9.17) is 32.5 Å². The first-order valence-electron chi connectivity index (χ1n) is 11.5. The molecule has 0 spiro atoms. The van der Waals surface area contributed by atoms with E-state index in [-0.39, 0.29) is 6.04 Å². The first-order valence-corrected chi connectivity index (χ1v) is 12.7. The van der Waals surface area contributed by atoms with E-state index in [0.717, 1.165) is 57.4 Å². The molecule has 3 aromatic rings. The van der Waals surface area contributed by atoms with E-state index in [9.17, 15) is 0 Å². The van der Waals surface area contributed by atoms with Crippen LogP contribution in [0.15, 0.2) is 36.4 Å². The van der Waals surface area contributed by atoms with Gasteiger partial charge in [0.25, 0.3) is 0 Å². The fourth-order valence-corrected chi connectivity index (χ4v) is 5.35. The van der Waals surface area contributed by atoms with Gasteiger partial charge in [-0.15, -0.1) is 17.8 Å². The molecule has 0 aliphatic carbocycles. The van der Waals surface area contributed by atoms with Crippen molar-refractivity contribution in [1.29, 1.82) is 0 Å². The van der Waals surface area contributed by atoms with Crippen LogP contribution in [0.25, 0.3) is 11.3 Å². The van der Waals surface area contributed by atoms with Crippen LogP contribution >= 0.6 is 22.9 Å². The van der Waals surface area contributed by atoms with E-state index in [1.807, 2.05) is 19.1 Å². The lowest BCUT2D eigenvalue weighted by molar-refractivity contribution is 0.185. The maximum atomic E-state index is 6.63. The number of hydrogen-bond donors (Lipinski definition) is 0. The van der Waals surface area contributed by atoms with Crippen LogP contribution in [0.2, 0.25) is 5.02 Å². The van der Waals surface area contributed by atoms with Crippen molar-refractivity contribution in [2.45, 2.75) is 52.7 Å². The Hall–Kier alpha value is -2.52. The number of rotatable bonds is 11. The Bertz CT molecular complexity index is 1130. The van der Waals surface area contributed by atoms with E-state index in [1.165, 1.54) is 5.56 Å². The van der Waals surface area contributed by atoms with E-state index < -0.39 is 0 Å². The minimum Gasteiger partial charge on any atom is -0.496 e. The summed E-state index contributed by atoms with van der Waals surface area (Å²) in [5.74, 6) is 3.63. The zero-order valence-corrected chi connectivity index (χ0v) is 22.2. The molecule has 1 atom stereocenters. The third-order valence-electron chi connectivity index (χ3n) is 5.92. The summed E-state index contributed by atoms with van der Waals surface area (Å²) in [6.45, 7) is 7.39. The number of thiazole rings is 1. The summed E-state index contributed by atoms with van der Waals surface area (Å²) < 4.78 is 10.7. The van der Waals surface area contributed by atoms with E-state index in [0.29, 0.717) is 18.2 Å². The monoisotopic (exact) mass is 496 g/mol. The highest BCUT2D eigenvalue weighted by molar-refractivity contribution is 7.16. The predicted octanol–water partition coefficient (Wildman–Crippen LogP) is 7.61. The van der Waals surface area contributed by atoms with Crippen molar-refractivity contribution in [1.82, 2.24) is 4.98 Å². The summed E-state index contributed by atoms with van der Waals surface area (Å²) in [4.78, 5) is 8.42. The lowest BCUT2D eigenvalue weighted by atomic mass is 9.98. The molecule has 0 N–H and O–H groups in total. The molecule has 0 saturated carbocycles. The van der Waals surface area contributed by atoms with Crippen LogP contribution in [0.5, 0.6) is 5.75 Å². The smallest absolute Gasteiger partial charge is 0.187 e. The van der Waals surface area contributed by atoms with Gasteiger partial charge in [0, 0.05) is 17.6 Å². The molecule has 180 valence electrons. The number of aromatic nitrogens is 1. The molecule has 6 heteroatoms. The highest BCUT2D eigenvalue weighted by Gasteiger charge is 2.25. The first kappa shape index (κ1) is 26.1. The van der Waals surface area contributed by atoms with Gasteiger partial charge in [0.1, 0.15) is 5.75 Å². The SMILES string of the molecule is C#CCN(c1nc(-c2cc(C)c(OC)cc2Cl)c(C)s1)C(CCCC)c1ccc(COC)cc1. The fourth-order valence-electron chi connectivity index (χ4n) is 4.13. The van der Waals surface area contributed by atoms with Crippen molar-refractivity contribution < 1.29 is 9.47 Å². The minimum absolute atomic E-state index is 0.138. The van der Waals surface area contributed by atoms with Crippen molar-refractivity contribution in [3.8, 4) is 29.4 Å². The standard InChI is InChI=1S/C28H33ClN2O2S/c1-7-9-10-25(22-13-11-21(12-14-22)18-32-5)31(15-8-2)28-30-27(20(4)34-28)23-16-19(3)26(33-6)17-24(23)29/h2,11-14,16-17,25H,7,9-10,15,18H2,1,3-6H3. The Morgan fingerprint density at radius 2 is 1.91 bits per heavy atom. The molecule has 3 rings (SSSR count). The van der Waals surface area contributed by atoms with Crippen molar-refractivity contribution in [2.75, 3.05) is 25.7 Å². The molecule has 34 heavy (non-hydrogen) atoms. The summed E-state index contributed by atoms with van der Waals surface area (Å²) in [5, 5.41) is 1.54. The van der Waals surface area contributed by atoms with Gasteiger partial charge in [-0.3, -0.25) is 0 Å². The Kier molecular flexibility index (Phi) is 9.41. The average molecular weight is 497 g/mol. The normalized spacial score (nSPS) is 11.8. The van der Waals surface area contributed by atoms with Gasteiger partial charge in [-0.05, 0) is 49.1 Å². The maximum Gasteiger partial charge on any atom is 0.187 e. The van der Waals surface area contributed by atoms with Gasteiger partial charge in [-0.2, -0.15) is 0 Å². The number of methoxy groups -OCH3 is 2. The molecule has 0 aliphatic rings. The molecule has 1 aromatic heterocycles. The van der Waals surface area contributed by atoms with Crippen molar-refractivity contribution in [3.05, 3.63) is 63.0 Å². The summed E-state index contributed by atoms with van der Waals surface area (Å²) in [6.07, 6.45) is 9.06. The molecular formula is C28H33ClN2O2S. The number of terminal acetylenes is 1. The molecule has 0 saturated heterocycles. The van der Waals surface area contributed by atoms with Crippen LogP contribution in [0.3, 0.4) is 0 Å². The van der Waals surface area contributed by atoms with Gasteiger partial charge < -0.3 is 14.4 Å². The third-order valence-corrected chi connectivity index (χ3v) is 7.24. The lowest BCUT2D eigenvalue weighted by Crippen LogP contribution is -2.29. The van der Waals surface area contributed by atoms with Crippen LogP contribution in [-0.4, -0.2) is 25.7 Å². The van der Waals surface area contributed by atoms with Crippen LogP contribution in [-0.2, 0) is 11.3 Å². The maximum absolute atomic E-state index is 6.63. The molecule has 0 radical (unpaired) electrons. The van der Waals surface area contributed by atoms with Crippen molar-refractivity contribution in [2.24, 2.45) is 0 Å². The van der Waals surface area contributed by atoms with Crippen LogP contribution in [0.4, 0.5) is 5.13 Å². The molecule has 0 amide bonds. The zero-order valence-electron chi connectivity index (χ0n) is 20.7. The largest absolute Gasteiger partial charge is 0.496 e. The number of nitrogens with zero attached hydrogens (tertiary/aromatic N) is 2. The molecule has 0 aliphatic heterocycles. The highest BCUT2D eigenvalue weighted by Crippen LogP contribution is 2.41. The molecule has 0 bridgehead atoms. The third kappa shape index (κ3) is 5.93. The van der Waals surface area contributed by atoms with Gasteiger partial charge in [-0.25, -0.2) is 4.98 Å². The van der Waals surface area contributed by atoms with Crippen LogP contribution < -0.4 is 9.64 Å². The molecular weight excluding hydrogens is 464 g/mol. The summed E-state index contributed by atoms with van der Waals surface area (Å²) >= 11 is 8.29. The highest BCUT2D eigenvalue weighted by atomic mass is 35.5. The Morgan fingerprint density at radius 1 is 1.18 bits per heavy atom. The number of halogens is 1. The van der Waals surface area contributed by atoms with Gasteiger partial charge in [-0.1, -0.05) is 61.6 Å². The predicted molar refractivity (Wildman–Crippen MR) is 144 cm³/mol. The Morgan fingerprint density at radius 3 is 2.53 bits per heavy atom. The number of benzene rings is 2. The summed E-state index contributed by atoms with van der Waals surface area (Å²) in [5.41, 5.74) is 5.21. The van der Waals surface area contributed by atoms with Crippen molar-refractivity contribution in [3.63, 3.8) is 0 Å². The second kappa shape index (κ2) is 12.3. The van der Waals surface area contributed by atoms with Gasteiger partial charge in [0.15, 0.2) is 5.13 Å².